The van der Waals surface area contributed by atoms with E-state index in [0.717, 1.165) is 19.3 Å². The topological polar surface area (TPSA) is 66.8 Å². The van der Waals surface area contributed by atoms with Gasteiger partial charge in [-0.05, 0) is 33.1 Å². The molecule has 0 saturated heterocycles. The zero-order valence-electron chi connectivity index (χ0n) is 11.2. The van der Waals surface area contributed by atoms with Crippen LogP contribution in [0.4, 0.5) is 0 Å². The van der Waals surface area contributed by atoms with Gasteiger partial charge in [0.1, 0.15) is 0 Å². The minimum Gasteiger partial charge on any atom is -0.479 e. The Hall–Kier alpha value is -0.610. The summed E-state index contributed by atoms with van der Waals surface area (Å²) in [6, 6.07) is 0. The summed E-state index contributed by atoms with van der Waals surface area (Å²) in [4.78, 5) is 11.6. The minimum absolute atomic E-state index is 0.403. The van der Waals surface area contributed by atoms with Crippen LogP contribution >= 0.6 is 0 Å². The van der Waals surface area contributed by atoms with Gasteiger partial charge in [0.25, 0.3) is 0 Å². The van der Waals surface area contributed by atoms with Gasteiger partial charge >= 0.3 is 5.97 Å². The first kappa shape index (κ1) is 14.5. The molecule has 1 rings (SSSR count). The summed E-state index contributed by atoms with van der Waals surface area (Å²) in [6.45, 7) is 7.22. The number of aliphatic hydroxyl groups excluding tert-OH is 1. The lowest BCUT2D eigenvalue weighted by atomic mass is 9.65. The lowest BCUT2D eigenvalue weighted by Crippen LogP contribution is -2.57. The standard InChI is InChI=1S/C13H24O4/c1-9(14)10(2)17-13(11(15)16)8-6-5-7-12(13,3)4/h9-10,14H,5-8H2,1-4H3,(H,15,16). The number of hydrogen-bond acceptors (Lipinski definition) is 3. The third-order valence-corrected chi connectivity index (χ3v) is 4.09. The van der Waals surface area contributed by atoms with Crippen LogP contribution in [0.1, 0.15) is 53.4 Å². The second kappa shape index (κ2) is 4.94. The Kier molecular flexibility index (Phi) is 4.20. The highest BCUT2D eigenvalue weighted by atomic mass is 16.5. The maximum Gasteiger partial charge on any atom is 0.336 e. The molecule has 2 N–H and O–H groups in total. The van der Waals surface area contributed by atoms with Gasteiger partial charge in [-0.2, -0.15) is 0 Å². The normalized spacial score (nSPS) is 31.8. The van der Waals surface area contributed by atoms with E-state index in [1.54, 1.807) is 13.8 Å². The molecular formula is C13H24O4. The molecule has 3 atom stereocenters. The summed E-state index contributed by atoms with van der Waals surface area (Å²) < 4.78 is 5.77. The molecule has 0 aliphatic heterocycles. The highest BCUT2D eigenvalue weighted by molar-refractivity contribution is 5.79. The van der Waals surface area contributed by atoms with Crippen molar-refractivity contribution in [2.75, 3.05) is 0 Å². The monoisotopic (exact) mass is 244 g/mol. The molecule has 0 aromatic heterocycles. The van der Waals surface area contributed by atoms with E-state index in [9.17, 15) is 15.0 Å². The average molecular weight is 244 g/mol. The first-order valence-corrected chi connectivity index (χ1v) is 6.32. The van der Waals surface area contributed by atoms with Crippen molar-refractivity contribution < 1.29 is 19.7 Å². The number of carboxylic acids is 1. The predicted molar refractivity (Wildman–Crippen MR) is 64.8 cm³/mol. The van der Waals surface area contributed by atoms with E-state index in [-0.39, 0.29) is 0 Å². The van der Waals surface area contributed by atoms with Gasteiger partial charge in [0.2, 0.25) is 0 Å². The van der Waals surface area contributed by atoms with Gasteiger partial charge in [-0.1, -0.05) is 20.3 Å². The van der Waals surface area contributed by atoms with Crippen LogP contribution in [0.5, 0.6) is 0 Å². The first-order valence-electron chi connectivity index (χ1n) is 6.32. The Labute approximate surface area is 103 Å². The molecule has 0 aromatic carbocycles. The number of ether oxygens (including phenoxy) is 1. The van der Waals surface area contributed by atoms with Crippen LogP contribution in [0, 0.1) is 5.41 Å². The quantitative estimate of drug-likeness (QED) is 0.795. The van der Waals surface area contributed by atoms with Gasteiger partial charge in [0.15, 0.2) is 5.60 Å². The summed E-state index contributed by atoms with van der Waals surface area (Å²) in [6.07, 6.45) is 2.13. The van der Waals surface area contributed by atoms with E-state index in [2.05, 4.69) is 0 Å². The molecule has 1 fully saturated rings. The van der Waals surface area contributed by atoms with E-state index in [4.69, 9.17) is 4.74 Å². The van der Waals surface area contributed by atoms with Gasteiger partial charge in [-0.3, -0.25) is 0 Å². The molecule has 0 bridgehead atoms. The summed E-state index contributed by atoms with van der Waals surface area (Å²) in [5.41, 5.74) is -1.57. The van der Waals surface area contributed by atoms with Crippen molar-refractivity contribution in [2.45, 2.75) is 71.2 Å². The molecule has 0 aromatic rings. The SMILES string of the molecule is CC(O)C(C)OC1(C(=O)O)CCCCC1(C)C. The fourth-order valence-corrected chi connectivity index (χ4v) is 2.56. The van der Waals surface area contributed by atoms with Crippen LogP contribution in [0.2, 0.25) is 0 Å². The van der Waals surface area contributed by atoms with Gasteiger partial charge in [-0.25, -0.2) is 4.79 Å². The lowest BCUT2D eigenvalue weighted by molar-refractivity contribution is -0.213. The summed E-state index contributed by atoms with van der Waals surface area (Å²) in [5, 5.41) is 19.0. The third kappa shape index (κ3) is 2.63. The molecule has 0 spiro atoms. The van der Waals surface area contributed by atoms with Crippen LogP contribution < -0.4 is 0 Å². The maximum atomic E-state index is 11.6. The molecule has 1 aliphatic rings. The molecule has 0 heterocycles. The largest absolute Gasteiger partial charge is 0.479 e. The van der Waals surface area contributed by atoms with Crippen molar-refractivity contribution in [2.24, 2.45) is 5.41 Å². The summed E-state index contributed by atoms with van der Waals surface area (Å²) >= 11 is 0. The molecule has 0 amide bonds. The summed E-state index contributed by atoms with van der Waals surface area (Å²) in [5.74, 6) is -0.908. The number of carboxylic acid groups (broad SMARTS) is 1. The van der Waals surface area contributed by atoms with Crippen LogP contribution in [0.15, 0.2) is 0 Å². The van der Waals surface area contributed by atoms with Crippen molar-refractivity contribution in [3.63, 3.8) is 0 Å². The van der Waals surface area contributed by atoms with Crippen molar-refractivity contribution in [1.29, 1.82) is 0 Å². The number of hydrogen-bond donors (Lipinski definition) is 2. The van der Waals surface area contributed by atoms with Crippen molar-refractivity contribution in [3.8, 4) is 0 Å². The molecule has 3 unspecified atom stereocenters. The highest BCUT2D eigenvalue weighted by Crippen LogP contribution is 2.47. The second-order valence-electron chi connectivity index (χ2n) is 5.79. The number of carbonyl (C=O) groups is 1. The van der Waals surface area contributed by atoms with E-state index in [1.165, 1.54) is 0 Å². The fraction of sp³-hybridized carbons (Fsp3) is 0.923. The zero-order valence-corrected chi connectivity index (χ0v) is 11.2. The van der Waals surface area contributed by atoms with Gasteiger partial charge < -0.3 is 14.9 Å². The fourth-order valence-electron chi connectivity index (χ4n) is 2.56. The van der Waals surface area contributed by atoms with Crippen molar-refractivity contribution >= 4 is 5.97 Å². The number of rotatable bonds is 4. The molecule has 1 saturated carbocycles. The Balaban J connectivity index is 2.99. The van der Waals surface area contributed by atoms with Crippen LogP contribution in [-0.4, -0.2) is 34.0 Å². The van der Waals surface area contributed by atoms with Gasteiger partial charge in [0, 0.05) is 5.41 Å². The van der Waals surface area contributed by atoms with Crippen LogP contribution in [-0.2, 0) is 9.53 Å². The van der Waals surface area contributed by atoms with Crippen LogP contribution in [0.25, 0.3) is 0 Å². The molecule has 1 aliphatic carbocycles. The minimum atomic E-state index is -1.17. The average Bonchev–Trinajstić information content (AvgIpc) is 2.20. The molecule has 4 nitrogen and oxygen atoms in total. The zero-order chi connectivity index (χ0) is 13.3. The van der Waals surface area contributed by atoms with Crippen molar-refractivity contribution in [1.82, 2.24) is 0 Å². The van der Waals surface area contributed by atoms with Crippen molar-refractivity contribution in [3.05, 3.63) is 0 Å². The first-order chi connectivity index (χ1) is 7.73. The van der Waals surface area contributed by atoms with E-state index in [1.807, 2.05) is 13.8 Å². The molecular weight excluding hydrogens is 220 g/mol. The molecule has 100 valence electrons. The van der Waals surface area contributed by atoms with Crippen LogP contribution in [0.3, 0.4) is 0 Å². The van der Waals surface area contributed by atoms with E-state index in [0.29, 0.717) is 6.42 Å². The van der Waals surface area contributed by atoms with E-state index < -0.39 is 29.2 Å². The smallest absolute Gasteiger partial charge is 0.336 e. The van der Waals surface area contributed by atoms with Gasteiger partial charge in [-0.15, -0.1) is 0 Å². The van der Waals surface area contributed by atoms with Gasteiger partial charge in [0.05, 0.1) is 12.2 Å². The third-order valence-electron chi connectivity index (χ3n) is 4.09. The Morgan fingerprint density at radius 3 is 2.18 bits per heavy atom. The maximum absolute atomic E-state index is 11.6. The lowest BCUT2D eigenvalue weighted by Gasteiger charge is -2.48. The number of aliphatic carboxylic acids is 1. The molecule has 17 heavy (non-hydrogen) atoms. The molecule has 4 heteroatoms. The van der Waals surface area contributed by atoms with E-state index >= 15 is 0 Å². The molecule has 0 radical (unpaired) electrons. The Morgan fingerprint density at radius 2 is 1.76 bits per heavy atom. The Morgan fingerprint density at radius 1 is 1.24 bits per heavy atom. The number of aliphatic hydroxyl groups is 1. The predicted octanol–water partition coefficient (Wildman–Crippen LogP) is 2.20. The Bertz CT molecular complexity index is 285. The summed E-state index contributed by atoms with van der Waals surface area (Å²) in [7, 11) is 0. The highest BCUT2D eigenvalue weighted by Gasteiger charge is 2.54. The second-order valence-corrected chi connectivity index (χ2v) is 5.79.